The third kappa shape index (κ3) is 3.14. The van der Waals surface area contributed by atoms with Gasteiger partial charge in [0.25, 0.3) is 0 Å². The molecule has 0 amide bonds. The van der Waals surface area contributed by atoms with Gasteiger partial charge in [0.05, 0.1) is 5.69 Å². The summed E-state index contributed by atoms with van der Waals surface area (Å²) in [4.78, 5) is 23.4. The molecule has 1 saturated heterocycles. The van der Waals surface area contributed by atoms with Crippen molar-refractivity contribution in [3.63, 3.8) is 0 Å². The number of carboxylic acids is 1. The number of aromatic amines is 1. The van der Waals surface area contributed by atoms with Crippen molar-refractivity contribution in [2.45, 2.75) is 44.7 Å². The fourth-order valence-corrected chi connectivity index (χ4v) is 4.03. The third-order valence-corrected chi connectivity index (χ3v) is 5.15. The average molecular weight is 327 g/mol. The summed E-state index contributed by atoms with van der Waals surface area (Å²) in [5.74, 6) is -0.226. The second-order valence-electron chi connectivity index (χ2n) is 6.28. The van der Waals surface area contributed by atoms with Crippen LogP contribution in [0.25, 0.3) is 0 Å². The van der Waals surface area contributed by atoms with Gasteiger partial charge in [-0.1, -0.05) is 24.4 Å². The molecule has 3 rings (SSSR count). The zero-order valence-corrected chi connectivity index (χ0v) is 13.6. The normalized spacial score (nSPS) is 23.0. The number of rotatable bonds is 4. The Labute approximate surface area is 135 Å². The van der Waals surface area contributed by atoms with Crippen molar-refractivity contribution in [1.82, 2.24) is 19.8 Å². The standard InChI is InChI=1S/C15H23ClN4O2/c1-10-17-12(14(16)18-10)13(15(21)22)20-8-6-19(7-9-20)11-4-2-3-5-11/h11,13H,2-9H2,1H3,(H,17,18)(H,21,22). The van der Waals surface area contributed by atoms with Crippen molar-refractivity contribution in [3.05, 3.63) is 16.7 Å². The molecule has 2 N–H and O–H groups in total. The zero-order chi connectivity index (χ0) is 15.7. The van der Waals surface area contributed by atoms with Crippen LogP contribution in [0.2, 0.25) is 5.15 Å². The SMILES string of the molecule is Cc1nc(Cl)c(C(C(=O)O)N2CCN(C3CCCC3)CC2)[nH]1. The highest BCUT2D eigenvalue weighted by atomic mass is 35.5. The van der Waals surface area contributed by atoms with E-state index in [1.54, 1.807) is 6.92 Å². The largest absolute Gasteiger partial charge is 0.480 e. The van der Waals surface area contributed by atoms with Gasteiger partial charge < -0.3 is 10.1 Å². The summed E-state index contributed by atoms with van der Waals surface area (Å²) in [6.45, 7) is 5.15. The fourth-order valence-electron chi connectivity index (χ4n) is 3.76. The van der Waals surface area contributed by atoms with Gasteiger partial charge in [0.15, 0.2) is 11.2 Å². The van der Waals surface area contributed by atoms with E-state index in [1.165, 1.54) is 25.7 Å². The van der Waals surface area contributed by atoms with Gasteiger partial charge in [-0.2, -0.15) is 0 Å². The lowest BCUT2D eigenvalue weighted by molar-refractivity contribution is -0.144. The molecule has 2 heterocycles. The van der Waals surface area contributed by atoms with Crippen molar-refractivity contribution in [3.8, 4) is 0 Å². The van der Waals surface area contributed by atoms with Crippen LogP contribution in [-0.2, 0) is 4.79 Å². The summed E-state index contributed by atoms with van der Waals surface area (Å²) in [7, 11) is 0. The van der Waals surface area contributed by atoms with E-state index in [-0.39, 0.29) is 5.15 Å². The summed E-state index contributed by atoms with van der Waals surface area (Å²) in [5, 5.41) is 9.90. The topological polar surface area (TPSA) is 72.5 Å². The van der Waals surface area contributed by atoms with Gasteiger partial charge in [0.1, 0.15) is 5.82 Å². The van der Waals surface area contributed by atoms with Crippen LogP contribution in [-0.4, -0.2) is 63.1 Å². The number of carboxylic acid groups (broad SMARTS) is 1. The number of hydrogen-bond donors (Lipinski definition) is 2. The van der Waals surface area contributed by atoms with E-state index in [2.05, 4.69) is 14.9 Å². The highest BCUT2D eigenvalue weighted by molar-refractivity contribution is 6.30. The first-order chi connectivity index (χ1) is 10.6. The van der Waals surface area contributed by atoms with E-state index in [0.717, 1.165) is 26.2 Å². The van der Waals surface area contributed by atoms with Crippen molar-refractivity contribution in [2.75, 3.05) is 26.2 Å². The summed E-state index contributed by atoms with van der Waals surface area (Å²) in [5.41, 5.74) is 0.501. The second kappa shape index (κ2) is 6.56. The summed E-state index contributed by atoms with van der Waals surface area (Å²) in [6, 6.07) is -0.0390. The number of nitrogens with one attached hydrogen (secondary N) is 1. The number of carbonyl (C=O) groups is 1. The first-order valence-corrected chi connectivity index (χ1v) is 8.37. The van der Waals surface area contributed by atoms with Gasteiger partial charge in [-0.15, -0.1) is 0 Å². The molecule has 1 unspecified atom stereocenters. The quantitative estimate of drug-likeness (QED) is 0.886. The highest BCUT2D eigenvalue weighted by Gasteiger charge is 2.35. The fraction of sp³-hybridized carbons (Fsp3) is 0.733. The Morgan fingerprint density at radius 1 is 1.32 bits per heavy atom. The maximum absolute atomic E-state index is 11.7. The number of aryl methyl sites for hydroxylation is 1. The third-order valence-electron chi connectivity index (χ3n) is 4.87. The number of nitrogens with zero attached hydrogens (tertiary/aromatic N) is 3. The van der Waals surface area contributed by atoms with E-state index in [4.69, 9.17) is 11.6 Å². The molecule has 1 aliphatic carbocycles. The Bertz CT molecular complexity index is 534. The molecule has 0 aromatic carbocycles. The molecule has 0 radical (unpaired) electrons. The summed E-state index contributed by atoms with van der Waals surface area (Å²) in [6.07, 6.45) is 5.22. The second-order valence-corrected chi connectivity index (χ2v) is 6.64. The first kappa shape index (κ1) is 15.8. The van der Waals surface area contributed by atoms with Crippen LogP contribution in [0.1, 0.15) is 43.2 Å². The van der Waals surface area contributed by atoms with Crippen LogP contribution in [0.4, 0.5) is 0 Å². The summed E-state index contributed by atoms with van der Waals surface area (Å²) >= 11 is 6.09. The molecule has 2 fully saturated rings. The number of aromatic nitrogens is 2. The maximum Gasteiger partial charge on any atom is 0.327 e. The molecule has 22 heavy (non-hydrogen) atoms. The Kier molecular flexibility index (Phi) is 4.70. The van der Waals surface area contributed by atoms with E-state index >= 15 is 0 Å². The van der Waals surface area contributed by atoms with Gasteiger partial charge >= 0.3 is 5.97 Å². The Morgan fingerprint density at radius 3 is 2.45 bits per heavy atom. The average Bonchev–Trinajstić information content (AvgIpc) is 3.10. The van der Waals surface area contributed by atoms with Crippen LogP contribution >= 0.6 is 11.6 Å². The lowest BCUT2D eigenvalue weighted by atomic mass is 10.1. The number of piperazine rings is 1. The molecule has 1 aromatic heterocycles. The van der Waals surface area contributed by atoms with Crippen molar-refractivity contribution >= 4 is 17.6 Å². The monoisotopic (exact) mass is 326 g/mol. The van der Waals surface area contributed by atoms with E-state index < -0.39 is 12.0 Å². The molecule has 0 spiro atoms. The molecule has 2 aliphatic rings. The molecule has 122 valence electrons. The minimum atomic E-state index is -0.875. The molecule has 1 atom stereocenters. The smallest absolute Gasteiger partial charge is 0.327 e. The van der Waals surface area contributed by atoms with Gasteiger partial charge in [-0.05, 0) is 19.8 Å². The van der Waals surface area contributed by atoms with Crippen LogP contribution in [0.15, 0.2) is 0 Å². The molecule has 1 aromatic rings. The highest BCUT2D eigenvalue weighted by Crippen LogP contribution is 2.29. The molecule has 0 bridgehead atoms. The van der Waals surface area contributed by atoms with Gasteiger partial charge in [-0.3, -0.25) is 14.6 Å². The molecule has 7 heteroatoms. The maximum atomic E-state index is 11.7. The first-order valence-electron chi connectivity index (χ1n) is 7.99. The summed E-state index contributed by atoms with van der Waals surface area (Å²) < 4.78 is 0. The minimum Gasteiger partial charge on any atom is -0.480 e. The van der Waals surface area contributed by atoms with Gasteiger partial charge in [0.2, 0.25) is 0 Å². The van der Waals surface area contributed by atoms with Crippen LogP contribution in [0.5, 0.6) is 0 Å². The molecule has 1 aliphatic heterocycles. The zero-order valence-electron chi connectivity index (χ0n) is 12.9. The minimum absolute atomic E-state index is 0.267. The Balaban J connectivity index is 1.69. The van der Waals surface area contributed by atoms with Gasteiger partial charge in [-0.25, -0.2) is 4.98 Å². The molecular weight excluding hydrogens is 304 g/mol. The van der Waals surface area contributed by atoms with Crippen molar-refractivity contribution in [1.29, 1.82) is 0 Å². The molecule has 1 saturated carbocycles. The van der Waals surface area contributed by atoms with Gasteiger partial charge in [0, 0.05) is 32.2 Å². The van der Waals surface area contributed by atoms with E-state index in [1.807, 2.05) is 4.90 Å². The van der Waals surface area contributed by atoms with Crippen LogP contribution < -0.4 is 0 Å². The lowest BCUT2D eigenvalue weighted by Crippen LogP contribution is -2.51. The van der Waals surface area contributed by atoms with Crippen LogP contribution in [0.3, 0.4) is 0 Å². The van der Waals surface area contributed by atoms with Crippen LogP contribution in [0, 0.1) is 6.92 Å². The molecule has 6 nitrogen and oxygen atoms in total. The van der Waals surface area contributed by atoms with Crippen molar-refractivity contribution < 1.29 is 9.90 Å². The predicted octanol–water partition coefficient (Wildman–Crippen LogP) is 2.06. The predicted molar refractivity (Wildman–Crippen MR) is 84.1 cm³/mol. The Morgan fingerprint density at radius 2 is 1.95 bits per heavy atom. The lowest BCUT2D eigenvalue weighted by Gasteiger charge is -2.40. The van der Waals surface area contributed by atoms with E-state index in [9.17, 15) is 9.90 Å². The number of H-pyrrole nitrogens is 1. The molecular formula is C15H23ClN4O2. The van der Waals surface area contributed by atoms with E-state index in [0.29, 0.717) is 17.6 Å². The van der Waals surface area contributed by atoms with Crippen molar-refractivity contribution in [2.24, 2.45) is 0 Å². The number of halogens is 1. The number of imidazole rings is 1. The number of hydrogen-bond acceptors (Lipinski definition) is 4. The Hall–Kier alpha value is -1.11. The number of aliphatic carboxylic acids is 1.